The molecule has 6 heteroatoms. The first-order valence-electron chi connectivity index (χ1n) is 5.37. The molecule has 0 amide bonds. The number of aromatic nitrogens is 3. The van der Waals surface area contributed by atoms with E-state index in [-0.39, 0.29) is 11.3 Å². The van der Waals surface area contributed by atoms with Crippen LogP contribution in [0.3, 0.4) is 0 Å². The van der Waals surface area contributed by atoms with Crippen LogP contribution in [0.4, 0.5) is 5.95 Å². The van der Waals surface area contributed by atoms with Crippen molar-refractivity contribution in [3.63, 3.8) is 0 Å². The first-order chi connectivity index (χ1) is 7.65. The fourth-order valence-corrected chi connectivity index (χ4v) is 1.45. The first-order valence-corrected chi connectivity index (χ1v) is 5.75. The van der Waals surface area contributed by atoms with Crippen molar-refractivity contribution in [2.45, 2.75) is 26.7 Å². The molecule has 1 aromatic rings. The van der Waals surface area contributed by atoms with Crippen molar-refractivity contribution in [3.05, 3.63) is 5.28 Å². The van der Waals surface area contributed by atoms with Gasteiger partial charge in [-0.05, 0) is 23.9 Å². The smallest absolute Gasteiger partial charge is 0.322 e. The third kappa shape index (κ3) is 4.18. The monoisotopic (exact) mass is 244 g/mol. The number of halogens is 1. The van der Waals surface area contributed by atoms with Gasteiger partial charge in [-0.1, -0.05) is 20.3 Å². The molecule has 0 aromatic carbocycles. The van der Waals surface area contributed by atoms with Gasteiger partial charge in [0.25, 0.3) is 0 Å². The van der Waals surface area contributed by atoms with E-state index in [1.54, 1.807) is 7.05 Å². The summed E-state index contributed by atoms with van der Waals surface area (Å²) in [5.41, 5.74) is 0. The molecule has 16 heavy (non-hydrogen) atoms. The summed E-state index contributed by atoms with van der Waals surface area (Å²) in [5.74, 6) is 0.900. The molecule has 0 saturated heterocycles. The Balaban J connectivity index is 2.56. The third-order valence-electron chi connectivity index (χ3n) is 2.09. The highest BCUT2D eigenvalue weighted by Gasteiger charge is 2.07. The topological polar surface area (TPSA) is 59.9 Å². The van der Waals surface area contributed by atoms with Crippen molar-refractivity contribution < 1.29 is 4.74 Å². The summed E-state index contributed by atoms with van der Waals surface area (Å²) in [5, 5.41) is 2.93. The lowest BCUT2D eigenvalue weighted by molar-refractivity contribution is 0.233. The summed E-state index contributed by atoms with van der Waals surface area (Å²) in [6, 6.07) is 0.271. The molecule has 0 bridgehead atoms. The molecule has 1 atom stereocenters. The van der Waals surface area contributed by atoms with Crippen molar-refractivity contribution in [3.8, 4) is 6.01 Å². The average Bonchev–Trinajstić information content (AvgIpc) is 2.26. The summed E-state index contributed by atoms with van der Waals surface area (Å²) in [4.78, 5) is 11.8. The fraction of sp³-hybridized carbons (Fsp3) is 0.700. The van der Waals surface area contributed by atoms with Gasteiger partial charge >= 0.3 is 6.01 Å². The van der Waals surface area contributed by atoms with E-state index in [1.165, 1.54) is 0 Å². The van der Waals surface area contributed by atoms with E-state index in [0.717, 1.165) is 12.8 Å². The number of hydrogen-bond donors (Lipinski definition) is 1. The van der Waals surface area contributed by atoms with E-state index in [0.29, 0.717) is 18.5 Å². The van der Waals surface area contributed by atoms with Gasteiger partial charge in [0.15, 0.2) is 0 Å². The van der Waals surface area contributed by atoms with Gasteiger partial charge < -0.3 is 10.1 Å². The second-order valence-electron chi connectivity index (χ2n) is 3.67. The number of nitrogens with zero attached hydrogens (tertiary/aromatic N) is 3. The summed E-state index contributed by atoms with van der Waals surface area (Å²) < 4.78 is 5.46. The van der Waals surface area contributed by atoms with Gasteiger partial charge in [-0.3, -0.25) is 0 Å². The minimum absolute atomic E-state index is 0.137. The van der Waals surface area contributed by atoms with E-state index in [4.69, 9.17) is 16.3 Å². The number of hydrogen-bond acceptors (Lipinski definition) is 5. The molecule has 0 saturated carbocycles. The Morgan fingerprint density at radius 1 is 1.38 bits per heavy atom. The van der Waals surface area contributed by atoms with Gasteiger partial charge in [-0.25, -0.2) is 0 Å². The maximum atomic E-state index is 5.72. The SMILES string of the molecule is CCCC(C)COc1nc(Cl)nc(NC)n1. The van der Waals surface area contributed by atoms with Crippen LogP contribution in [0, 0.1) is 5.92 Å². The van der Waals surface area contributed by atoms with Crippen LogP contribution in [0.1, 0.15) is 26.7 Å². The van der Waals surface area contributed by atoms with E-state index in [2.05, 4.69) is 34.1 Å². The second-order valence-corrected chi connectivity index (χ2v) is 4.00. The molecule has 0 aliphatic carbocycles. The van der Waals surface area contributed by atoms with Crippen LogP contribution in [0.25, 0.3) is 0 Å². The minimum Gasteiger partial charge on any atom is -0.463 e. The maximum absolute atomic E-state index is 5.72. The lowest BCUT2D eigenvalue weighted by Gasteiger charge is -2.10. The zero-order valence-electron chi connectivity index (χ0n) is 9.83. The molecule has 90 valence electrons. The molecule has 0 aliphatic rings. The van der Waals surface area contributed by atoms with Crippen molar-refractivity contribution in [2.75, 3.05) is 19.0 Å². The van der Waals surface area contributed by atoms with Crippen LogP contribution in [0.5, 0.6) is 6.01 Å². The quantitative estimate of drug-likeness (QED) is 0.833. The Labute approximate surface area is 101 Å². The molecule has 1 unspecified atom stereocenters. The van der Waals surface area contributed by atoms with Crippen LogP contribution < -0.4 is 10.1 Å². The maximum Gasteiger partial charge on any atom is 0.322 e. The van der Waals surface area contributed by atoms with E-state index in [1.807, 2.05) is 0 Å². The highest BCUT2D eigenvalue weighted by Crippen LogP contribution is 2.13. The van der Waals surface area contributed by atoms with Gasteiger partial charge in [-0.2, -0.15) is 15.0 Å². The highest BCUT2D eigenvalue weighted by molar-refractivity contribution is 6.28. The van der Waals surface area contributed by atoms with Crippen molar-refractivity contribution in [1.82, 2.24) is 15.0 Å². The summed E-state index contributed by atoms with van der Waals surface area (Å²) >= 11 is 5.72. The zero-order valence-corrected chi connectivity index (χ0v) is 10.6. The Kier molecular flexibility index (Phi) is 5.25. The van der Waals surface area contributed by atoms with Gasteiger partial charge in [0, 0.05) is 7.05 Å². The van der Waals surface area contributed by atoms with E-state index in [9.17, 15) is 0 Å². The van der Waals surface area contributed by atoms with Gasteiger partial charge in [-0.15, -0.1) is 0 Å². The van der Waals surface area contributed by atoms with Crippen LogP contribution in [0.2, 0.25) is 5.28 Å². The van der Waals surface area contributed by atoms with E-state index >= 15 is 0 Å². The van der Waals surface area contributed by atoms with Crippen molar-refractivity contribution >= 4 is 17.5 Å². The van der Waals surface area contributed by atoms with Crippen molar-refractivity contribution in [1.29, 1.82) is 0 Å². The molecule has 1 aromatic heterocycles. The molecule has 1 heterocycles. The normalized spacial score (nSPS) is 12.2. The molecule has 5 nitrogen and oxygen atoms in total. The number of ether oxygens (including phenoxy) is 1. The molecule has 1 N–H and O–H groups in total. The molecule has 0 aliphatic heterocycles. The van der Waals surface area contributed by atoms with E-state index < -0.39 is 0 Å². The Morgan fingerprint density at radius 3 is 2.75 bits per heavy atom. The Hall–Kier alpha value is -1.10. The molecule has 0 radical (unpaired) electrons. The number of rotatable bonds is 6. The molecule has 1 rings (SSSR count). The predicted octanol–water partition coefficient (Wildman–Crippen LogP) is 2.38. The average molecular weight is 245 g/mol. The largest absolute Gasteiger partial charge is 0.463 e. The second kappa shape index (κ2) is 6.48. The van der Waals surface area contributed by atoms with Crippen LogP contribution in [-0.2, 0) is 0 Å². The third-order valence-corrected chi connectivity index (χ3v) is 2.26. The molecule has 0 spiro atoms. The standard InChI is InChI=1S/C10H17ClN4O/c1-4-5-7(2)6-16-10-14-8(11)13-9(12-3)15-10/h7H,4-6H2,1-3H3,(H,12,13,14,15). The van der Waals surface area contributed by atoms with Gasteiger partial charge in [0.2, 0.25) is 11.2 Å². The number of nitrogens with one attached hydrogen (secondary N) is 1. The lowest BCUT2D eigenvalue weighted by atomic mass is 10.1. The predicted molar refractivity (Wildman–Crippen MR) is 64.0 cm³/mol. The number of anilines is 1. The summed E-state index contributed by atoms with van der Waals surface area (Å²) in [7, 11) is 1.72. The Bertz CT molecular complexity index is 335. The molecular weight excluding hydrogens is 228 g/mol. The minimum atomic E-state index is 0.137. The fourth-order valence-electron chi connectivity index (χ4n) is 1.30. The molecular formula is C10H17ClN4O. The van der Waals surface area contributed by atoms with Gasteiger partial charge in [0.1, 0.15) is 0 Å². The zero-order chi connectivity index (χ0) is 12.0. The Morgan fingerprint density at radius 2 is 2.12 bits per heavy atom. The van der Waals surface area contributed by atoms with Crippen LogP contribution in [0.15, 0.2) is 0 Å². The molecule has 0 fully saturated rings. The van der Waals surface area contributed by atoms with Gasteiger partial charge in [0.05, 0.1) is 6.61 Å². The summed E-state index contributed by atoms with van der Waals surface area (Å²) in [6.07, 6.45) is 2.27. The van der Waals surface area contributed by atoms with Crippen LogP contribution >= 0.6 is 11.6 Å². The lowest BCUT2D eigenvalue weighted by Crippen LogP contribution is -2.11. The summed E-state index contributed by atoms with van der Waals surface area (Å²) in [6.45, 7) is 4.87. The van der Waals surface area contributed by atoms with Crippen molar-refractivity contribution in [2.24, 2.45) is 5.92 Å². The highest BCUT2D eigenvalue weighted by atomic mass is 35.5. The van der Waals surface area contributed by atoms with Crippen LogP contribution in [-0.4, -0.2) is 28.6 Å². The first kappa shape index (κ1) is 13.0.